The summed E-state index contributed by atoms with van der Waals surface area (Å²) in [4.78, 5) is 17.4. The maximum Gasteiger partial charge on any atom is 0.224 e. The van der Waals surface area contributed by atoms with E-state index in [-0.39, 0.29) is 34.7 Å². The molecule has 1 amide bonds. The molecular weight excluding hydrogens is 616 g/mol. The number of halogens is 1. The molecule has 238 valence electrons. The first-order valence-electron chi connectivity index (χ1n) is 16.8. The van der Waals surface area contributed by atoms with Crippen LogP contribution >= 0.6 is 15.9 Å². The van der Waals surface area contributed by atoms with Crippen molar-refractivity contribution in [3.8, 4) is 5.75 Å². The lowest BCUT2D eigenvalue weighted by Crippen LogP contribution is -2.58. The SMILES string of the molecule is C[C@H](CCC(=O)Nc1ccc(N=Cc2cc(Br)ccc2O)cc1)[C@H]1CC[C@H]2[C@@H]3CC[C@@H]4C[C@H](O)CC[C@]4(C)[C@H]3C[C@H](O)[C@]12C. The van der Waals surface area contributed by atoms with E-state index in [0.717, 1.165) is 54.4 Å². The normalized spacial score (nSPS) is 37.2. The van der Waals surface area contributed by atoms with Crippen molar-refractivity contribution in [1.29, 1.82) is 0 Å². The number of hydrogen-bond acceptors (Lipinski definition) is 5. The van der Waals surface area contributed by atoms with Gasteiger partial charge in [0.25, 0.3) is 0 Å². The number of phenolic OH excluding ortho intramolecular Hbond substituents is 1. The van der Waals surface area contributed by atoms with Crippen LogP contribution in [0.2, 0.25) is 0 Å². The van der Waals surface area contributed by atoms with E-state index in [2.05, 4.69) is 47.0 Å². The molecule has 0 unspecified atom stereocenters. The Hall–Kier alpha value is -2.22. The van der Waals surface area contributed by atoms with Gasteiger partial charge in [-0.1, -0.05) is 36.7 Å². The molecule has 0 bridgehead atoms. The van der Waals surface area contributed by atoms with Crippen LogP contribution in [0, 0.1) is 46.3 Å². The van der Waals surface area contributed by atoms with Crippen LogP contribution in [0.15, 0.2) is 51.9 Å². The van der Waals surface area contributed by atoms with Crippen LogP contribution in [0.25, 0.3) is 0 Å². The van der Waals surface area contributed by atoms with Crippen LogP contribution in [0.3, 0.4) is 0 Å². The van der Waals surface area contributed by atoms with Crippen LogP contribution in [0.4, 0.5) is 11.4 Å². The van der Waals surface area contributed by atoms with Gasteiger partial charge in [0.2, 0.25) is 5.91 Å². The molecule has 0 aromatic heterocycles. The lowest BCUT2D eigenvalue weighted by molar-refractivity contribution is -0.174. The van der Waals surface area contributed by atoms with E-state index in [1.165, 1.54) is 19.3 Å². The minimum atomic E-state index is -0.298. The number of aliphatic hydroxyl groups excluding tert-OH is 2. The zero-order chi connectivity index (χ0) is 31.2. The summed E-state index contributed by atoms with van der Waals surface area (Å²) in [5, 5.41) is 35.3. The van der Waals surface area contributed by atoms with E-state index in [4.69, 9.17) is 0 Å². The topological polar surface area (TPSA) is 102 Å². The first kappa shape index (κ1) is 31.7. The maximum atomic E-state index is 13.0. The number of rotatable bonds is 7. The van der Waals surface area contributed by atoms with Crippen LogP contribution in [0.5, 0.6) is 5.75 Å². The highest BCUT2D eigenvalue weighted by Crippen LogP contribution is 2.68. The smallest absolute Gasteiger partial charge is 0.224 e. The molecule has 4 N–H and O–H groups in total. The number of carbonyl (C=O) groups is 1. The Morgan fingerprint density at radius 3 is 2.59 bits per heavy atom. The van der Waals surface area contributed by atoms with Crippen molar-refractivity contribution in [2.75, 3.05) is 5.32 Å². The van der Waals surface area contributed by atoms with Gasteiger partial charge in [-0.2, -0.15) is 0 Å². The highest BCUT2D eigenvalue weighted by molar-refractivity contribution is 9.10. The van der Waals surface area contributed by atoms with Gasteiger partial charge in [-0.05, 0) is 147 Å². The molecule has 6 rings (SSSR count). The van der Waals surface area contributed by atoms with Gasteiger partial charge in [-0.15, -0.1) is 0 Å². The summed E-state index contributed by atoms with van der Waals surface area (Å²) in [6.45, 7) is 7.13. The fraction of sp³-hybridized carbons (Fsp3) is 0.622. The average Bonchev–Trinajstić information content (AvgIpc) is 3.37. The minimum Gasteiger partial charge on any atom is -0.507 e. The van der Waals surface area contributed by atoms with Gasteiger partial charge in [0, 0.05) is 28.4 Å². The number of aromatic hydroxyl groups is 1. The van der Waals surface area contributed by atoms with Crippen molar-refractivity contribution in [3.05, 3.63) is 52.5 Å². The van der Waals surface area contributed by atoms with Gasteiger partial charge in [-0.3, -0.25) is 9.79 Å². The molecule has 7 heteroatoms. The second kappa shape index (κ2) is 12.5. The van der Waals surface area contributed by atoms with Crippen molar-refractivity contribution in [1.82, 2.24) is 0 Å². The highest BCUT2D eigenvalue weighted by Gasteiger charge is 2.63. The van der Waals surface area contributed by atoms with Crippen molar-refractivity contribution in [2.45, 2.75) is 97.2 Å². The fourth-order valence-electron chi connectivity index (χ4n) is 10.3. The summed E-state index contributed by atoms with van der Waals surface area (Å²) in [5.74, 6) is 3.36. The van der Waals surface area contributed by atoms with E-state index in [0.29, 0.717) is 47.5 Å². The molecular formula is C37H49BrN2O4. The minimum absolute atomic E-state index is 0.0156. The number of hydrogen-bond donors (Lipinski definition) is 4. The number of amides is 1. The third kappa shape index (κ3) is 5.89. The zero-order valence-electron chi connectivity index (χ0n) is 26.4. The predicted molar refractivity (Wildman–Crippen MR) is 179 cm³/mol. The third-order valence-electron chi connectivity index (χ3n) is 12.8. The lowest BCUT2D eigenvalue weighted by Gasteiger charge is -2.62. The first-order valence-corrected chi connectivity index (χ1v) is 17.6. The second-order valence-electron chi connectivity index (χ2n) is 15.0. The summed E-state index contributed by atoms with van der Waals surface area (Å²) in [5.41, 5.74) is 2.27. The molecule has 0 saturated heterocycles. The Morgan fingerprint density at radius 1 is 1.05 bits per heavy atom. The van der Waals surface area contributed by atoms with Gasteiger partial charge in [0.1, 0.15) is 5.75 Å². The van der Waals surface area contributed by atoms with Gasteiger partial charge in [-0.25, -0.2) is 0 Å². The van der Waals surface area contributed by atoms with Gasteiger partial charge in [0.05, 0.1) is 17.9 Å². The molecule has 44 heavy (non-hydrogen) atoms. The lowest BCUT2D eigenvalue weighted by atomic mass is 9.43. The van der Waals surface area contributed by atoms with Gasteiger partial charge in [0.15, 0.2) is 0 Å². The highest BCUT2D eigenvalue weighted by atomic mass is 79.9. The summed E-state index contributed by atoms with van der Waals surface area (Å²) in [6, 6.07) is 12.6. The van der Waals surface area contributed by atoms with Crippen LogP contribution in [-0.4, -0.2) is 39.6 Å². The number of anilines is 1. The summed E-state index contributed by atoms with van der Waals surface area (Å²) < 4.78 is 0.868. The van der Waals surface area contributed by atoms with Crippen LogP contribution in [0.1, 0.15) is 90.5 Å². The molecule has 2 aromatic carbocycles. The zero-order valence-corrected chi connectivity index (χ0v) is 28.0. The van der Waals surface area contributed by atoms with E-state index >= 15 is 0 Å². The largest absolute Gasteiger partial charge is 0.507 e. The Morgan fingerprint density at radius 2 is 1.82 bits per heavy atom. The Balaban J connectivity index is 1.04. The maximum absolute atomic E-state index is 13.0. The third-order valence-corrected chi connectivity index (χ3v) is 13.3. The molecule has 0 spiro atoms. The van der Waals surface area contributed by atoms with Crippen molar-refractivity contribution >= 4 is 39.4 Å². The van der Waals surface area contributed by atoms with Crippen molar-refractivity contribution in [3.63, 3.8) is 0 Å². The first-order chi connectivity index (χ1) is 21.0. The Kier molecular flexibility index (Phi) is 9.04. The number of aliphatic imine (C=N–C) groups is 1. The molecule has 4 fully saturated rings. The van der Waals surface area contributed by atoms with Crippen molar-refractivity contribution < 1.29 is 20.1 Å². The van der Waals surface area contributed by atoms with Crippen LogP contribution < -0.4 is 5.32 Å². The van der Waals surface area contributed by atoms with Gasteiger partial charge >= 0.3 is 0 Å². The summed E-state index contributed by atoms with van der Waals surface area (Å²) >= 11 is 3.41. The van der Waals surface area contributed by atoms with Crippen LogP contribution in [-0.2, 0) is 4.79 Å². The Bertz CT molecular complexity index is 1380. The number of carbonyl (C=O) groups excluding carboxylic acids is 1. The number of aliphatic hydroxyl groups is 2. The van der Waals surface area contributed by atoms with E-state index in [1.807, 2.05) is 24.3 Å². The number of benzene rings is 2. The standard InChI is InChI=1S/C37H49BrN2O4/c1-22(4-15-35(44)40-27-9-7-26(8-10-27)39-21-23-18-25(38)6-14-33(23)42)30-12-13-31-29-11-5-24-19-28(41)16-17-36(24,2)32(29)20-34(43)37(30,31)3/h6-10,14,18,21-22,24,28-32,34,41-43H,4-5,11-13,15-17,19-20H2,1-3H3,(H,40,44)/t22-,24-,28-,29+,30-,31+,32+,34+,36+,37-/m1/s1. The average molecular weight is 666 g/mol. The van der Waals surface area contributed by atoms with E-state index in [9.17, 15) is 20.1 Å². The van der Waals surface area contributed by atoms with Crippen molar-refractivity contribution in [2.24, 2.45) is 51.3 Å². The van der Waals surface area contributed by atoms with E-state index in [1.54, 1.807) is 24.4 Å². The number of fused-ring (bicyclic) bond motifs is 5. The fourth-order valence-corrected chi connectivity index (χ4v) is 10.7. The molecule has 4 saturated carbocycles. The molecule has 4 aliphatic rings. The summed E-state index contributed by atoms with van der Waals surface area (Å²) in [6.07, 6.45) is 11.1. The number of nitrogens with one attached hydrogen (secondary N) is 1. The molecule has 0 aliphatic heterocycles. The molecule has 0 radical (unpaired) electrons. The molecule has 6 nitrogen and oxygen atoms in total. The second-order valence-corrected chi connectivity index (χ2v) is 15.9. The quantitative estimate of drug-likeness (QED) is 0.224. The Labute approximate surface area is 270 Å². The molecule has 4 aliphatic carbocycles. The molecule has 2 aromatic rings. The van der Waals surface area contributed by atoms with Gasteiger partial charge < -0.3 is 20.6 Å². The van der Waals surface area contributed by atoms with E-state index < -0.39 is 0 Å². The predicted octanol–water partition coefficient (Wildman–Crippen LogP) is 8.25. The number of phenols is 1. The molecule has 10 atom stereocenters. The summed E-state index contributed by atoms with van der Waals surface area (Å²) in [7, 11) is 0. The number of nitrogens with zero attached hydrogens (tertiary/aromatic N) is 1. The molecule has 0 heterocycles. The monoisotopic (exact) mass is 664 g/mol.